The van der Waals surface area contributed by atoms with Crippen LogP contribution in [0.4, 0.5) is 8.78 Å². The Bertz CT molecular complexity index is 579. The summed E-state index contributed by atoms with van der Waals surface area (Å²) in [6, 6.07) is 4.93. The van der Waals surface area contributed by atoms with Gasteiger partial charge in [-0.05, 0) is 18.1 Å². The van der Waals surface area contributed by atoms with Gasteiger partial charge in [0, 0.05) is 23.7 Å². The van der Waals surface area contributed by atoms with Crippen molar-refractivity contribution in [2.45, 2.75) is 12.8 Å². The lowest BCUT2D eigenvalue weighted by Gasteiger charge is -2.23. The maximum absolute atomic E-state index is 14.2. The van der Waals surface area contributed by atoms with Gasteiger partial charge in [0.15, 0.2) is 0 Å². The summed E-state index contributed by atoms with van der Waals surface area (Å²) in [6.45, 7) is 1.43. The maximum Gasteiger partial charge on any atom is 0.350 e. The second kappa shape index (κ2) is 5.60. The van der Waals surface area contributed by atoms with Crippen molar-refractivity contribution in [2.24, 2.45) is 11.8 Å². The third kappa shape index (κ3) is 3.00. The highest BCUT2D eigenvalue weighted by atomic mass is 35.5. The van der Waals surface area contributed by atoms with Crippen molar-refractivity contribution in [1.29, 1.82) is 0 Å². The highest BCUT2D eigenvalue weighted by molar-refractivity contribution is 6.30. The molecule has 1 aromatic carbocycles. The number of benzene rings is 1. The number of aliphatic carboxylic acids is 1. The predicted molar refractivity (Wildman–Crippen MR) is 72.2 cm³/mol. The largest absolute Gasteiger partial charge is 0.481 e. The summed E-state index contributed by atoms with van der Waals surface area (Å²) in [4.78, 5) is 23.9. The number of hydrogen-bond donors (Lipinski definition) is 1. The number of halogens is 3. The minimum Gasteiger partial charge on any atom is -0.481 e. The standard InChI is InChI=1S/C14H14ClF2NO3/c1-8-6-18(7-11(8)12(19)20)13(21)14(16,17)9-3-2-4-10(15)5-9/h2-5,8,11H,6-7H2,1H3,(H,19,20)/t8-,11-/m1/s1. The van der Waals surface area contributed by atoms with Crippen LogP contribution >= 0.6 is 11.6 Å². The summed E-state index contributed by atoms with van der Waals surface area (Å²) in [5, 5.41) is 9.11. The van der Waals surface area contributed by atoms with E-state index in [2.05, 4.69) is 0 Å². The van der Waals surface area contributed by atoms with Gasteiger partial charge in [0.1, 0.15) is 0 Å². The highest BCUT2D eigenvalue weighted by Crippen LogP contribution is 2.34. The second-order valence-electron chi connectivity index (χ2n) is 5.22. The molecule has 1 N–H and O–H groups in total. The van der Waals surface area contributed by atoms with Gasteiger partial charge < -0.3 is 10.0 Å². The van der Waals surface area contributed by atoms with Crippen molar-refractivity contribution in [1.82, 2.24) is 4.90 Å². The number of carboxylic acids is 1. The third-order valence-corrected chi connectivity index (χ3v) is 3.91. The van der Waals surface area contributed by atoms with Crippen molar-refractivity contribution >= 4 is 23.5 Å². The van der Waals surface area contributed by atoms with E-state index in [0.29, 0.717) is 0 Å². The van der Waals surface area contributed by atoms with Crippen LogP contribution in [-0.2, 0) is 15.5 Å². The van der Waals surface area contributed by atoms with Crippen LogP contribution in [-0.4, -0.2) is 35.0 Å². The van der Waals surface area contributed by atoms with Crippen LogP contribution < -0.4 is 0 Å². The minimum atomic E-state index is -3.72. The molecule has 1 aliphatic rings. The molecule has 1 heterocycles. The molecule has 1 fully saturated rings. The van der Waals surface area contributed by atoms with Crippen molar-refractivity contribution in [3.8, 4) is 0 Å². The topological polar surface area (TPSA) is 57.6 Å². The third-order valence-electron chi connectivity index (χ3n) is 3.67. The average molecular weight is 318 g/mol. The fraction of sp³-hybridized carbons (Fsp3) is 0.429. The second-order valence-corrected chi connectivity index (χ2v) is 5.65. The van der Waals surface area contributed by atoms with E-state index in [9.17, 15) is 18.4 Å². The summed E-state index contributed by atoms with van der Waals surface area (Å²) in [5.41, 5.74) is -0.494. The van der Waals surface area contributed by atoms with E-state index in [0.717, 1.165) is 17.0 Å². The molecule has 114 valence electrons. The first-order valence-electron chi connectivity index (χ1n) is 6.39. The summed E-state index contributed by atoms with van der Waals surface area (Å²) in [6.07, 6.45) is 0. The zero-order valence-electron chi connectivity index (χ0n) is 11.2. The van der Waals surface area contributed by atoms with E-state index in [-0.39, 0.29) is 24.0 Å². The Hall–Kier alpha value is -1.69. The van der Waals surface area contributed by atoms with Crippen LogP contribution in [0.2, 0.25) is 5.02 Å². The fourth-order valence-corrected chi connectivity index (χ4v) is 2.65. The lowest BCUT2D eigenvalue weighted by atomic mass is 9.99. The Balaban J connectivity index is 2.21. The molecule has 1 aliphatic heterocycles. The number of carbonyl (C=O) groups is 2. The summed E-state index contributed by atoms with van der Waals surface area (Å²) in [7, 11) is 0. The van der Waals surface area contributed by atoms with Crippen LogP contribution in [0, 0.1) is 11.8 Å². The van der Waals surface area contributed by atoms with Gasteiger partial charge >= 0.3 is 11.9 Å². The summed E-state index contributed by atoms with van der Waals surface area (Å²) >= 11 is 5.67. The van der Waals surface area contributed by atoms with Crippen LogP contribution in [0.15, 0.2) is 24.3 Å². The van der Waals surface area contributed by atoms with E-state index < -0.39 is 29.3 Å². The monoisotopic (exact) mass is 317 g/mol. The van der Waals surface area contributed by atoms with Crippen LogP contribution in [0.1, 0.15) is 12.5 Å². The number of carboxylic acid groups (broad SMARTS) is 1. The molecule has 4 nitrogen and oxygen atoms in total. The molecule has 0 unspecified atom stereocenters. The van der Waals surface area contributed by atoms with Gasteiger partial charge in [0.25, 0.3) is 5.91 Å². The molecule has 0 bridgehead atoms. The molecular formula is C14H14ClF2NO3. The van der Waals surface area contributed by atoms with Gasteiger partial charge in [-0.3, -0.25) is 9.59 Å². The number of rotatable bonds is 3. The first kappa shape index (κ1) is 15.7. The zero-order chi connectivity index (χ0) is 15.8. The van der Waals surface area contributed by atoms with Gasteiger partial charge in [-0.15, -0.1) is 0 Å². The molecule has 2 atom stereocenters. The Morgan fingerprint density at radius 2 is 2.05 bits per heavy atom. The van der Waals surface area contributed by atoms with Crippen LogP contribution in [0.25, 0.3) is 0 Å². The number of alkyl halides is 2. The van der Waals surface area contributed by atoms with Crippen LogP contribution in [0.5, 0.6) is 0 Å². The molecule has 7 heteroatoms. The van der Waals surface area contributed by atoms with Gasteiger partial charge in [0.2, 0.25) is 0 Å². The van der Waals surface area contributed by atoms with Crippen molar-refractivity contribution in [3.05, 3.63) is 34.9 Å². The highest BCUT2D eigenvalue weighted by Gasteiger charge is 2.48. The van der Waals surface area contributed by atoms with E-state index in [1.807, 2.05) is 0 Å². The average Bonchev–Trinajstić information content (AvgIpc) is 2.80. The molecule has 1 amide bonds. The molecule has 0 aliphatic carbocycles. The van der Waals surface area contributed by atoms with Gasteiger partial charge in [-0.25, -0.2) is 0 Å². The molecule has 1 saturated heterocycles. The number of hydrogen-bond acceptors (Lipinski definition) is 2. The van der Waals surface area contributed by atoms with Crippen LogP contribution in [0.3, 0.4) is 0 Å². The van der Waals surface area contributed by atoms with Gasteiger partial charge in [-0.1, -0.05) is 30.7 Å². The van der Waals surface area contributed by atoms with E-state index >= 15 is 0 Å². The maximum atomic E-state index is 14.2. The summed E-state index contributed by atoms with van der Waals surface area (Å²) in [5.74, 6) is -7.37. The normalized spacial score (nSPS) is 22.4. The van der Waals surface area contributed by atoms with E-state index in [4.69, 9.17) is 16.7 Å². The SMILES string of the molecule is C[C@@H]1CN(C(=O)C(F)(F)c2cccc(Cl)c2)C[C@H]1C(=O)O. The molecule has 0 radical (unpaired) electrons. The van der Waals surface area contributed by atoms with Crippen molar-refractivity contribution < 1.29 is 23.5 Å². The molecule has 0 spiro atoms. The number of amides is 1. The van der Waals surface area contributed by atoms with Gasteiger partial charge in [-0.2, -0.15) is 8.78 Å². The van der Waals surface area contributed by atoms with E-state index in [1.54, 1.807) is 6.92 Å². The predicted octanol–water partition coefficient (Wildman–Crippen LogP) is 2.61. The molecule has 0 aromatic heterocycles. The summed E-state index contributed by atoms with van der Waals surface area (Å²) < 4.78 is 28.5. The van der Waals surface area contributed by atoms with E-state index in [1.165, 1.54) is 12.1 Å². The quantitative estimate of drug-likeness (QED) is 0.932. The Kier molecular flexibility index (Phi) is 4.18. The van der Waals surface area contributed by atoms with Crippen molar-refractivity contribution in [3.63, 3.8) is 0 Å². The zero-order valence-corrected chi connectivity index (χ0v) is 12.0. The number of nitrogens with zero attached hydrogens (tertiary/aromatic N) is 1. The lowest BCUT2D eigenvalue weighted by molar-refractivity contribution is -0.158. The molecule has 1 aromatic rings. The smallest absolute Gasteiger partial charge is 0.350 e. The van der Waals surface area contributed by atoms with Gasteiger partial charge in [0.05, 0.1) is 5.92 Å². The Morgan fingerprint density at radius 1 is 1.38 bits per heavy atom. The molecule has 2 rings (SSSR count). The first-order valence-corrected chi connectivity index (χ1v) is 6.77. The Morgan fingerprint density at radius 3 is 2.57 bits per heavy atom. The molecular weight excluding hydrogens is 304 g/mol. The minimum absolute atomic E-state index is 0.00591. The lowest BCUT2D eigenvalue weighted by Crippen LogP contribution is -2.41. The van der Waals surface area contributed by atoms with Crippen molar-refractivity contribution in [2.75, 3.05) is 13.1 Å². The fourth-order valence-electron chi connectivity index (χ4n) is 2.46. The molecule has 21 heavy (non-hydrogen) atoms. The molecule has 0 saturated carbocycles. The first-order chi connectivity index (χ1) is 9.73. The number of likely N-dealkylation sites (tertiary alicyclic amines) is 1. The Labute approximate surface area is 125 Å². The number of carbonyl (C=O) groups excluding carboxylic acids is 1.